The molecule has 18 heavy (non-hydrogen) atoms. The summed E-state index contributed by atoms with van der Waals surface area (Å²) in [7, 11) is 1.68. The molecule has 1 aromatic rings. The fourth-order valence-electron chi connectivity index (χ4n) is 2.86. The van der Waals surface area contributed by atoms with Crippen LogP contribution in [0.1, 0.15) is 37.9 Å². The van der Waals surface area contributed by atoms with Crippen molar-refractivity contribution in [2.24, 2.45) is 17.6 Å². The summed E-state index contributed by atoms with van der Waals surface area (Å²) >= 11 is 6.23. The highest BCUT2D eigenvalue weighted by Gasteiger charge is 2.30. The highest BCUT2D eigenvalue weighted by Crippen LogP contribution is 2.39. The molecule has 0 aromatic carbocycles. The molecule has 0 saturated heterocycles. The number of methoxy groups -OCH3 is 1. The summed E-state index contributed by atoms with van der Waals surface area (Å²) in [6, 6.07) is -0.0122. The van der Waals surface area contributed by atoms with Gasteiger partial charge in [-0.25, -0.2) is 0 Å². The van der Waals surface area contributed by atoms with Gasteiger partial charge in [-0.1, -0.05) is 24.9 Å². The lowest BCUT2D eigenvalue weighted by Crippen LogP contribution is -2.24. The molecule has 1 fully saturated rings. The SMILES string of the molecule is COCCn1ncc(Cl)c1C(N)C1CCC(C)C1. The van der Waals surface area contributed by atoms with E-state index < -0.39 is 0 Å². The first-order valence-electron chi connectivity index (χ1n) is 6.59. The van der Waals surface area contributed by atoms with Crippen molar-refractivity contribution >= 4 is 11.6 Å². The van der Waals surface area contributed by atoms with Crippen LogP contribution in [-0.2, 0) is 11.3 Å². The number of halogens is 1. The second kappa shape index (κ2) is 6.04. The fraction of sp³-hybridized carbons (Fsp3) is 0.769. The Morgan fingerprint density at radius 2 is 2.39 bits per heavy atom. The third-order valence-electron chi connectivity index (χ3n) is 3.90. The van der Waals surface area contributed by atoms with Crippen LogP contribution in [0.5, 0.6) is 0 Å². The van der Waals surface area contributed by atoms with Crippen LogP contribution in [0.2, 0.25) is 5.02 Å². The van der Waals surface area contributed by atoms with Gasteiger partial charge in [0, 0.05) is 7.11 Å². The van der Waals surface area contributed by atoms with Crippen LogP contribution < -0.4 is 5.73 Å². The van der Waals surface area contributed by atoms with Crippen molar-refractivity contribution in [1.29, 1.82) is 0 Å². The Morgan fingerprint density at radius 3 is 3.00 bits per heavy atom. The molecule has 1 saturated carbocycles. The molecule has 1 aliphatic carbocycles. The van der Waals surface area contributed by atoms with E-state index in [4.69, 9.17) is 22.1 Å². The Morgan fingerprint density at radius 1 is 1.61 bits per heavy atom. The molecule has 5 heteroatoms. The quantitative estimate of drug-likeness (QED) is 0.896. The highest BCUT2D eigenvalue weighted by molar-refractivity contribution is 6.31. The van der Waals surface area contributed by atoms with Gasteiger partial charge in [-0.15, -0.1) is 0 Å². The maximum atomic E-state index is 6.39. The van der Waals surface area contributed by atoms with Crippen LogP contribution in [0.15, 0.2) is 6.20 Å². The normalized spacial score (nSPS) is 25.6. The third-order valence-corrected chi connectivity index (χ3v) is 4.19. The predicted molar refractivity (Wildman–Crippen MR) is 72.5 cm³/mol. The zero-order valence-corrected chi connectivity index (χ0v) is 11.9. The number of aromatic nitrogens is 2. The first-order valence-corrected chi connectivity index (χ1v) is 6.97. The van der Waals surface area contributed by atoms with Gasteiger partial charge in [0.05, 0.1) is 36.1 Å². The smallest absolute Gasteiger partial charge is 0.0834 e. The summed E-state index contributed by atoms with van der Waals surface area (Å²) in [5, 5.41) is 4.97. The number of rotatable bonds is 5. The molecule has 0 radical (unpaired) electrons. The molecular formula is C13H22ClN3O. The average Bonchev–Trinajstić information content (AvgIpc) is 2.92. The number of ether oxygens (including phenoxy) is 1. The van der Waals surface area contributed by atoms with E-state index in [1.807, 2.05) is 4.68 Å². The largest absolute Gasteiger partial charge is 0.383 e. The number of nitrogens with two attached hydrogens (primary N) is 1. The van der Waals surface area contributed by atoms with Gasteiger partial charge < -0.3 is 10.5 Å². The Balaban J connectivity index is 2.13. The lowest BCUT2D eigenvalue weighted by atomic mass is 9.95. The molecule has 1 aliphatic rings. The van der Waals surface area contributed by atoms with E-state index in [0.29, 0.717) is 24.1 Å². The van der Waals surface area contributed by atoms with Crippen LogP contribution >= 0.6 is 11.6 Å². The molecule has 102 valence electrons. The zero-order valence-electron chi connectivity index (χ0n) is 11.1. The minimum Gasteiger partial charge on any atom is -0.383 e. The van der Waals surface area contributed by atoms with Gasteiger partial charge >= 0.3 is 0 Å². The van der Waals surface area contributed by atoms with Crippen molar-refractivity contribution in [3.8, 4) is 0 Å². The molecule has 0 spiro atoms. The van der Waals surface area contributed by atoms with Crippen LogP contribution in [0.4, 0.5) is 0 Å². The van der Waals surface area contributed by atoms with E-state index in [0.717, 1.165) is 11.6 Å². The van der Waals surface area contributed by atoms with E-state index in [2.05, 4.69) is 12.0 Å². The Labute approximate surface area is 113 Å². The molecule has 1 heterocycles. The van der Waals surface area contributed by atoms with Gasteiger partial charge in [0.2, 0.25) is 0 Å². The zero-order chi connectivity index (χ0) is 13.1. The fourth-order valence-corrected chi connectivity index (χ4v) is 3.13. The van der Waals surface area contributed by atoms with Gasteiger partial charge in [0.15, 0.2) is 0 Å². The van der Waals surface area contributed by atoms with Crippen LogP contribution in [0.25, 0.3) is 0 Å². The van der Waals surface area contributed by atoms with Crippen LogP contribution in [-0.4, -0.2) is 23.5 Å². The lowest BCUT2D eigenvalue weighted by molar-refractivity contribution is 0.181. The summed E-state index contributed by atoms with van der Waals surface area (Å²) in [4.78, 5) is 0. The third kappa shape index (κ3) is 2.87. The van der Waals surface area contributed by atoms with Crippen molar-refractivity contribution in [3.63, 3.8) is 0 Å². The van der Waals surface area contributed by atoms with Gasteiger partial charge in [-0.05, 0) is 24.7 Å². The number of hydrogen-bond acceptors (Lipinski definition) is 3. The van der Waals surface area contributed by atoms with Gasteiger partial charge in [0.25, 0.3) is 0 Å². The maximum Gasteiger partial charge on any atom is 0.0834 e. The predicted octanol–water partition coefficient (Wildman–Crippen LogP) is 2.62. The first-order chi connectivity index (χ1) is 8.63. The molecule has 2 rings (SSSR count). The monoisotopic (exact) mass is 271 g/mol. The number of hydrogen-bond donors (Lipinski definition) is 1. The molecule has 4 nitrogen and oxygen atoms in total. The van der Waals surface area contributed by atoms with Gasteiger partial charge in [0.1, 0.15) is 0 Å². The van der Waals surface area contributed by atoms with E-state index in [9.17, 15) is 0 Å². The van der Waals surface area contributed by atoms with Crippen molar-refractivity contribution in [1.82, 2.24) is 9.78 Å². The van der Waals surface area contributed by atoms with Crippen LogP contribution in [0.3, 0.4) is 0 Å². The first kappa shape index (κ1) is 13.8. The molecule has 2 N–H and O–H groups in total. The van der Waals surface area contributed by atoms with Crippen molar-refractivity contribution < 1.29 is 4.74 Å². The van der Waals surface area contributed by atoms with Crippen molar-refractivity contribution in [3.05, 3.63) is 16.9 Å². The van der Waals surface area contributed by atoms with E-state index in [-0.39, 0.29) is 6.04 Å². The summed E-state index contributed by atoms with van der Waals surface area (Å²) in [5.74, 6) is 1.30. The van der Waals surface area contributed by atoms with Crippen molar-refractivity contribution in [2.45, 2.75) is 38.8 Å². The number of nitrogens with zero attached hydrogens (tertiary/aromatic N) is 2. The Kier molecular flexibility index (Phi) is 4.65. The minimum absolute atomic E-state index is 0.0122. The van der Waals surface area contributed by atoms with E-state index in [1.165, 1.54) is 19.3 Å². The summed E-state index contributed by atoms with van der Waals surface area (Å²) in [6.07, 6.45) is 5.33. The maximum absolute atomic E-state index is 6.39. The lowest BCUT2D eigenvalue weighted by Gasteiger charge is -2.21. The van der Waals surface area contributed by atoms with Gasteiger partial charge in [-0.3, -0.25) is 4.68 Å². The summed E-state index contributed by atoms with van der Waals surface area (Å²) < 4.78 is 6.98. The molecule has 0 bridgehead atoms. The highest BCUT2D eigenvalue weighted by atomic mass is 35.5. The van der Waals surface area contributed by atoms with Crippen molar-refractivity contribution in [2.75, 3.05) is 13.7 Å². The second-order valence-electron chi connectivity index (χ2n) is 5.30. The van der Waals surface area contributed by atoms with Crippen LogP contribution in [0, 0.1) is 11.8 Å². The van der Waals surface area contributed by atoms with E-state index in [1.54, 1.807) is 13.3 Å². The summed E-state index contributed by atoms with van der Waals surface area (Å²) in [6.45, 7) is 3.61. The molecule has 3 unspecified atom stereocenters. The molecule has 1 aromatic heterocycles. The topological polar surface area (TPSA) is 53.1 Å². The van der Waals surface area contributed by atoms with Gasteiger partial charge in [-0.2, -0.15) is 5.10 Å². The molecule has 3 atom stereocenters. The summed E-state index contributed by atoms with van der Waals surface area (Å²) in [5.41, 5.74) is 7.36. The minimum atomic E-state index is -0.0122. The average molecular weight is 272 g/mol. The standard InChI is InChI=1S/C13H22ClN3O/c1-9-3-4-10(7-9)12(15)13-11(14)8-16-17(13)5-6-18-2/h8-10,12H,3-7,15H2,1-2H3. The Hall–Kier alpha value is -0.580. The van der Waals surface area contributed by atoms with E-state index >= 15 is 0 Å². The molecular weight excluding hydrogens is 250 g/mol. The molecule has 0 amide bonds. The Bertz CT molecular complexity index is 394. The second-order valence-corrected chi connectivity index (χ2v) is 5.70. The molecule has 0 aliphatic heterocycles.